The number of carbonyl (C=O) groups excluding carboxylic acids is 1. The van der Waals surface area contributed by atoms with Gasteiger partial charge in [-0.15, -0.1) is 0 Å². The first-order valence-electron chi connectivity index (χ1n) is 8.40. The van der Waals surface area contributed by atoms with E-state index in [4.69, 9.17) is 14.5 Å². The first kappa shape index (κ1) is 18.6. The van der Waals surface area contributed by atoms with Crippen molar-refractivity contribution in [3.63, 3.8) is 0 Å². The molecule has 2 aromatic carbocycles. The number of nitrogens with one attached hydrogen (secondary N) is 1. The van der Waals surface area contributed by atoms with Gasteiger partial charge in [0.25, 0.3) is 0 Å². The molecule has 3 N–H and O–H groups in total. The predicted molar refractivity (Wildman–Crippen MR) is 99.7 cm³/mol. The second-order valence-electron chi connectivity index (χ2n) is 6.69. The van der Waals surface area contributed by atoms with E-state index in [0.717, 1.165) is 46.3 Å². The Morgan fingerprint density at radius 3 is 2.46 bits per heavy atom. The summed E-state index contributed by atoms with van der Waals surface area (Å²) in [5.74, 6) is 0.517. The van der Waals surface area contributed by atoms with Crippen LogP contribution in [0.25, 0.3) is 0 Å². The van der Waals surface area contributed by atoms with Crippen molar-refractivity contribution in [3.8, 4) is 5.75 Å². The predicted octanol–water partition coefficient (Wildman–Crippen LogP) is 3.29. The lowest BCUT2D eigenvalue weighted by Crippen LogP contribution is -2.19. The molecule has 1 heterocycles. The molecule has 0 unspecified atom stereocenters. The smallest absolute Gasteiger partial charge is 0.362 e. The van der Waals surface area contributed by atoms with E-state index in [1.54, 1.807) is 12.1 Å². The first-order valence-corrected chi connectivity index (χ1v) is 10.2. The molecular formula is C19H22NO5P. The van der Waals surface area contributed by atoms with Gasteiger partial charge in [-0.25, -0.2) is 0 Å². The normalized spacial score (nSPS) is 13.9. The van der Waals surface area contributed by atoms with Crippen LogP contribution < -0.4 is 10.1 Å². The Bertz CT molecular complexity index is 880. The third-order valence-electron chi connectivity index (χ3n) is 4.51. The molecule has 1 aliphatic heterocycles. The topological polar surface area (TPSA) is 95.9 Å². The van der Waals surface area contributed by atoms with Crippen LogP contribution in [0.5, 0.6) is 5.75 Å². The molecule has 0 atom stereocenters. The zero-order chi connectivity index (χ0) is 18.9. The van der Waals surface area contributed by atoms with Crippen LogP contribution in [0.15, 0.2) is 30.3 Å². The van der Waals surface area contributed by atoms with Crippen LogP contribution in [0.1, 0.15) is 34.2 Å². The van der Waals surface area contributed by atoms with E-state index in [2.05, 4.69) is 11.4 Å². The number of rotatable bonds is 5. The summed E-state index contributed by atoms with van der Waals surface area (Å²) >= 11 is 0. The van der Waals surface area contributed by atoms with Crippen molar-refractivity contribution in [1.82, 2.24) is 0 Å². The van der Waals surface area contributed by atoms with Gasteiger partial charge in [0.15, 0.2) is 6.35 Å². The number of ether oxygens (including phenoxy) is 1. The molecule has 0 saturated heterocycles. The zero-order valence-corrected chi connectivity index (χ0v) is 15.7. The van der Waals surface area contributed by atoms with Crippen molar-refractivity contribution in [3.05, 3.63) is 58.1 Å². The summed E-state index contributed by atoms with van der Waals surface area (Å²) < 4.78 is 16.2. The Kier molecular flexibility index (Phi) is 5.19. The van der Waals surface area contributed by atoms with Crippen molar-refractivity contribution >= 4 is 19.2 Å². The van der Waals surface area contributed by atoms with E-state index in [0.29, 0.717) is 12.2 Å². The lowest BCUT2D eigenvalue weighted by atomic mass is 9.93. The number of aryl methyl sites for hydroxylation is 3. The molecule has 26 heavy (non-hydrogen) atoms. The van der Waals surface area contributed by atoms with Crippen LogP contribution in [0.4, 0.5) is 5.69 Å². The van der Waals surface area contributed by atoms with Gasteiger partial charge in [0, 0.05) is 12.1 Å². The van der Waals surface area contributed by atoms with Gasteiger partial charge < -0.3 is 19.8 Å². The Hall–Kier alpha value is -2.14. The van der Waals surface area contributed by atoms with Crippen LogP contribution in [0, 0.1) is 13.8 Å². The van der Waals surface area contributed by atoms with Crippen LogP contribution >= 0.6 is 7.60 Å². The van der Waals surface area contributed by atoms with Crippen molar-refractivity contribution in [2.45, 2.75) is 33.1 Å². The van der Waals surface area contributed by atoms with Gasteiger partial charge in [-0.05, 0) is 72.7 Å². The highest BCUT2D eigenvalue weighted by atomic mass is 31.2. The van der Waals surface area contributed by atoms with E-state index < -0.39 is 13.9 Å². The second-order valence-corrected chi connectivity index (χ2v) is 8.28. The van der Waals surface area contributed by atoms with E-state index in [9.17, 15) is 9.36 Å². The highest BCUT2D eigenvalue weighted by Crippen LogP contribution is 2.35. The summed E-state index contributed by atoms with van der Waals surface area (Å²) in [5.41, 5.74) is 6.38. The minimum Gasteiger partial charge on any atom is -0.481 e. The van der Waals surface area contributed by atoms with Gasteiger partial charge in [0.1, 0.15) is 5.75 Å². The SMILES string of the molecule is Cc1cc(OCP(=O)(O)O)cc(C)c1Cc1ccc2c(c1)CCC(=O)N2. The number of carbonyl (C=O) groups is 1. The minimum absolute atomic E-state index is 0.0582. The first-order chi connectivity index (χ1) is 12.2. The Labute approximate surface area is 152 Å². The summed E-state index contributed by atoms with van der Waals surface area (Å²) in [6.07, 6.45) is 1.39. The van der Waals surface area contributed by atoms with Gasteiger partial charge in [-0.2, -0.15) is 0 Å². The molecule has 2 aromatic rings. The standard InChI is InChI=1S/C19H22NO5P/c1-12-7-16(25-11-26(22,23)24)8-13(2)17(12)10-14-3-5-18-15(9-14)4-6-19(21)20-18/h3,5,7-9H,4,6,10-11H2,1-2H3,(H,20,21)(H2,22,23,24). The maximum absolute atomic E-state index is 11.5. The van der Waals surface area contributed by atoms with Crippen LogP contribution in [0.3, 0.4) is 0 Å². The molecule has 0 bridgehead atoms. The van der Waals surface area contributed by atoms with Crippen molar-refractivity contribution in [2.75, 3.05) is 11.7 Å². The Balaban J connectivity index is 1.80. The van der Waals surface area contributed by atoms with Crippen molar-refractivity contribution in [1.29, 1.82) is 0 Å². The number of amides is 1. The fraction of sp³-hybridized carbons (Fsp3) is 0.316. The summed E-state index contributed by atoms with van der Waals surface area (Å²) in [6.45, 7) is 3.93. The molecular weight excluding hydrogens is 353 g/mol. The van der Waals surface area contributed by atoms with Crippen LogP contribution in [0.2, 0.25) is 0 Å². The molecule has 7 heteroatoms. The maximum Gasteiger partial charge on any atom is 0.362 e. The summed E-state index contributed by atoms with van der Waals surface area (Å²) in [7, 11) is -4.20. The maximum atomic E-state index is 11.5. The zero-order valence-electron chi connectivity index (χ0n) is 14.8. The molecule has 1 aliphatic rings. The highest BCUT2D eigenvalue weighted by Gasteiger charge is 2.17. The molecule has 6 nitrogen and oxygen atoms in total. The summed E-state index contributed by atoms with van der Waals surface area (Å²) in [6, 6.07) is 9.70. The third kappa shape index (κ3) is 4.52. The Morgan fingerprint density at radius 1 is 1.12 bits per heavy atom. The van der Waals surface area contributed by atoms with Crippen molar-refractivity contribution in [2.24, 2.45) is 0 Å². The fourth-order valence-corrected chi connectivity index (χ4v) is 3.54. The van der Waals surface area contributed by atoms with Gasteiger partial charge in [-0.1, -0.05) is 12.1 Å². The second kappa shape index (κ2) is 7.23. The third-order valence-corrected chi connectivity index (χ3v) is 4.98. The number of hydrogen-bond acceptors (Lipinski definition) is 3. The van der Waals surface area contributed by atoms with Gasteiger partial charge in [0.05, 0.1) is 0 Å². The number of hydrogen-bond donors (Lipinski definition) is 3. The molecule has 3 rings (SSSR count). The lowest BCUT2D eigenvalue weighted by Gasteiger charge is -2.18. The average Bonchev–Trinajstić information content (AvgIpc) is 2.55. The number of benzene rings is 2. The number of anilines is 1. The lowest BCUT2D eigenvalue weighted by molar-refractivity contribution is -0.116. The molecule has 0 saturated carbocycles. The van der Waals surface area contributed by atoms with Crippen molar-refractivity contribution < 1.29 is 23.9 Å². The van der Waals surface area contributed by atoms with Gasteiger partial charge >= 0.3 is 7.60 Å². The van der Waals surface area contributed by atoms with Crippen LogP contribution in [-0.2, 0) is 22.2 Å². The molecule has 1 amide bonds. The summed E-state index contributed by atoms with van der Waals surface area (Å²) in [4.78, 5) is 29.3. The largest absolute Gasteiger partial charge is 0.481 e. The van der Waals surface area contributed by atoms with E-state index >= 15 is 0 Å². The van der Waals surface area contributed by atoms with E-state index in [1.807, 2.05) is 26.0 Å². The van der Waals surface area contributed by atoms with E-state index in [1.165, 1.54) is 0 Å². The highest BCUT2D eigenvalue weighted by molar-refractivity contribution is 7.51. The molecule has 0 fully saturated rings. The minimum atomic E-state index is -4.20. The molecule has 0 aromatic heterocycles. The molecule has 0 spiro atoms. The average molecular weight is 375 g/mol. The Morgan fingerprint density at radius 2 is 1.81 bits per heavy atom. The molecule has 0 radical (unpaired) electrons. The molecule has 0 aliphatic carbocycles. The van der Waals surface area contributed by atoms with Crippen LogP contribution in [-0.4, -0.2) is 22.0 Å². The van der Waals surface area contributed by atoms with E-state index in [-0.39, 0.29) is 5.91 Å². The number of fused-ring (bicyclic) bond motifs is 1. The summed E-state index contributed by atoms with van der Waals surface area (Å²) in [5, 5.41) is 2.89. The quantitative estimate of drug-likeness (QED) is 0.697. The monoisotopic (exact) mass is 375 g/mol. The molecule has 138 valence electrons. The van der Waals surface area contributed by atoms with Gasteiger partial charge in [0.2, 0.25) is 5.91 Å². The van der Waals surface area contributed by atoms with Gasteiger partial charge in [-0.3, -0.25) is 9.36 Å². The fourth-order valence-electron chi connectivity index (χ4n) is 3.23.